The Balaban J connectivity index is 1.66. The van der Waals surface area contributed by atoms with Crippen LogP contribution in [0.15, 0.2) is 48.5 Å². The van der Waals surface area contributed by atoms with Crippen LogP contribution in [0.1, 0.15) is 36.5 Å². The van der Waals surface area contributed by atoms with Crippen LogP contribution >= 0.6 is 11.8 Å². The Labute approximate surface area is 138 Å². The van der Waals surface area contributed by atoms with E-state index in [9.17, 15) is 0 Å². The number of aryl methyl sites for hydroxylation is 1. The standard InChI is InChI=1S/C20H24OS/c1-3-8-19(22-14-16-10-5-4-6-11-16)18-13-17-12-7-9-15(2)20(17)21-18/h4-7,9-12,18-19H,3,8,13-14H2,1-2H3/t18-,19+/m0/s1. The lowest BCUT2D eigenvalue weighted by atomic mass is 10.0. The van der Waals surface area contributed by atoms with Crippen LogP contribution in [-0.4, -0.2) is 11.4 Å². The van der Waals surface area contributed by atoms with Crippen LogP contribution in [0.2, 0.25) is 0 Å². The first-order chi connectivity index (χ1) is 10.8. The molecule has 1 aliphatic heterocycles. The number of rotatable bonds is 6. The van der Waals surface area contributed by atoms with E-state index in [0.29, 0.717) is 11.4 Å². The maximum atomic E-state index is 6.32. The van der Waals surface area contributed by atoms with Gasteiger partial charge in [-0.05, 0) is 30.0 Å². The molecule has 2 aromatic carbocycles. The van der Waals surface area contributed by atoms with E-state index in [1.807, 2.05) is 11.8 Å². The van der Waals surface area contributed by atoms with Crippen molar-refractivity contribution in [2.24, 2.45) is 0 Å². The van der Waals surface area contributed by atoms with Gasteiger partial charge < -0.3 is 4.74 Å². The van der Waals surface area contributed by atoms with Crippen LogP contribution in [-0.2, 0) is 12.2 Å². The smallest absolute Gasteiger partial charge is 0.126 e. The number of thioether (sulfide) groups is 1. The second kappa shape index (κ2) is 7.23. The maximum absolute atomic E-state index is 6.32. The van der Waals surface area contributed by atoms with Crippen molar-refractivity contribution in [2.45, 2.75) is 50.2 Å². The Morgan fingerprint density at radius 2 is 1.95 bits per heavy atom. The lowest BCUT2D eigenvalue weighted by Crippen LogP contribution is -2.27. The summed E-state index contributed by atoms with van der Waals surface area (Å²) < 4.78 is 6.32. The van der Waals surface area contributed by atoms with Gasteiger partial charge in [0.1, 0.15) is 11.9 Å². The molecule has 116 valence electrons. The highest BCUT2D eigenvalue weighted by atomic mass is 32.2. The molecule has 0 amide bonds. The van der Waals surface area contributed by atoms with E-state index in [1.54, 1.807) is 0 Å². The first-order valence-corrected chi connectivity index (χ1v) is 9.23. The summed E-state index contributed by atoms with van der Waals surface area (Å²) in [6.07, 6.45) is 3.81. The predicted molar refractivity (Wildman–Crippen MR) is 95.7 cm³/mol. The fourth-order valence-corrected chi connectivity index (χ4v) is 4.47. The summed E-state index contributed by atoms with van der Waals surface area (Å²) >= 11 is 2.05. The third kappa shape index (κ3) is 3.49. The Kier molecular flexibility index (Phi) is 5.09. The van der Waals surface area contributed by atoms with Crippen LogP contribution in [0.4, 0.5) is 0 Å². The minimum absolute atomic E-state index is 0.324. The number of fused-ring (bicyclic) bond motifs is 1. The minimum atomic E-state index is 0.324. The molecular weight excluding hydrogens is 288 g/mol. The zero-order chi connectivity index (χ0) is 15.4. The van der Waals surface area contributed by atoms with E-state index in [-0.39, 0.29) is 0 Å². The highest BCUT2D eigenvalue weighted by molar-refractivity contribution is 7.99. The molecule has 3 rings (SSSR count). The summed E-state index contributed by atoms with van der Waals surface area (Å²) in [6, 6.07) is 17.3. The first-order valence-electron chi connectivity index (χ1n) is 8.18. The van der Waals surface area contributed by atoms with E-state index in [4.69, 9.17) is 4.74 Å². The molecule has 0 saturated carbocycles. The number of benzene rings is 2. The molecule has 0 bridgehead atoms. The molecule has 2 atom stereocenters. The van der Waals surface area contributed by atoms with Crippen LogP contribution in [0.25, 0.3) is 0 Å². The quantitative estimate of drug-likeness (QED) is 0.706. The van der Waals surface area contributed by atoms with E-state index in [2.05, 4.69) is 62.4 Å². The van der Waals surface area contributed by atoms with Crippen molar-refractivity contribution in [3.63, 3.8) is 0 Å². The van der Waals surface area contributed by atoms with Crippen molar-refractivity contribution in [3.05, 3.63) is 65.2 Å². The van der Waals surface area contributed by atoms with Gasteiger partial charge in [0.05, 0.1) is 0 Å². The van der Waals surface area contributed by atoms with Gasteiger partial charge in [-0.25, -0.2) is 0 Å². The second-order valence-corrected chi connectivity index (χ2v) is 7.27. The Bertz CT molecular complexity index is 608. The van der Waals surface area contributed by atoms with Crippen molar-refractivity contribution in [3.8, 4) is 5.75 Å². The fraction of sp³-hybridized carbons (Fsp3) is 0.400. The van der Waals surface area contributed by atoms with Crippen molar-refractivity contribution in [2.75, 3.05) is 0 Å². The van der Waals surface area contributed by atoms with Gasteiger partial charge in [-0.3, -0.25) is 0 Å². The van der Waals surface area contributed by atoms with E-state index < -0.39 is 0 Å². The topological polar surface area (TPSA) is 9.23 Å². The summed E-state index contributed by atoms with van der Waals surface area (Å²) in [5.74, 6) is 2.20. The third-order valence-electron chi connectivity index (χ3n) is 4.28. The van der Waals surface area contributed by atoms with Gasteiger partial charge >= 0.3 is 0 Å². The van der Waals surface area contributed by atoms with E-state index in [0.717, 1.165) is 17.9 Å². The maximum Gasteiger partial charge on any atom is 0.126 e. The van der Waals surface area contributed by atoms with E-state index >= 15 is 0 Å². The third-order valence-corrected chi connectivity index (χ3v) is 5.75. The molecule has 2 aromatic rings. The molecule has 1 aliphatic rings. The highest BCUT2D eigenvalue weighted by Gasteiger charge is 2.30. The highest BCUT2D eigenvalue weighted by Crippen LogP contribution is 2.37. The minimum Gasteiger partial charge on any atom is -0.488 e. The second-order valence-electron chi connectivity index (χ2n) is 6.05. The number of para-hydroxylation sites is 1. The summed E-state index contributed by atoms with van der Waals surface area (Å²) in [4.78, 5) is 0. The Hall–Kier alpha value is -1.41. The summed E-state index contributed by atoms with van der Waals surface area (Å²) in [5, 5.41) is 0.567. The van der Waals surface area contributed by atoms with Crippen molar-refractivity contribution >= 4 is 11.8 Å². The van der Waals surface area contributed by atoms with Crippen molar-refractivity contribution in [1.29, 1.82) is 0 Å². The van der Waals surface area contributed by atoms with Gasteiger partial charge in [0.2, 0.25) is 0 Å². The monoisotopic (exact) mass is 312 g/mol. The lowest BCUT2D eigenvalue weighted by Gasteiger charge is -2.23. The molecule has 0 radical (unpaired) electrons. The molecule has 0 fully saturated rings. The largest absolute Gasteiger partial charge is 0.488 e. The van der Waals surface area contributed by atoms with Crippen molar-refractivity contribution < 1.29 is 4.74 Å². The fourth-order valence-electron chi connectivity index (χ4n) is 3.10. The van der Waals surface area contributed by atoms with Crippen LogP contribution in [0, 0.1) is 6.92 Å². The van der Waals surface area contributed by atoms with Gasteiger partial charge in [-0.1, -0.05) is 61.9 Å². The molecule has 1 nitrogen and oxygen atoms in total. The molecule has 2 heteroatoms. The molecule has 22 heavy (non-hydrogen) atoms. The molecular formula is C20H24OS. The van der Waals surface area contributed by atoms with Crippen LogP contribution < -0.4 is 4.74 Å². The predicted octanol–water partition coefficient (Wildman–Crippen LogP) is 5.40. The SMILES string of the molecule is CCC[C@@H](SCc1ccccc1)[C@@H]1Cc2cccc(C)c2O1. The average Bonchev–Trinajstić information content (AvgIpc) is 2.98. The molecule has 1 heterocycles. The molecule has 0 aliphatic carbocycles. The summed E-state index contributed by atoms with van der Waals surface area (Å²) in [6.45, 7) is 4.41. The molecule has 0 aromatic heterocycles. The summed E-state index contributed by atoms with van der Waals surface area (Å²) in [5.41, 5.74) is 4.05. The normalized spacial score (nSPS) is 17.8. The number of hydrogen-bond acceptors (Lipinski definition) is 2. The van der Waals surface area contributed by atoms with Gasteiger partial charge in [0.15, 0.2) is 0 Å². The molecule has 0 N–H and O–H groups in total. The van der Waals surface area contributed by atoms with Crippen LogP contribution in [0.5, 0.6) is 5.75 Å². The number of hydrogen-bond donors (Lipinski definition) is 0. The molecule has 0 unspecified atom stereocenters. The lowest BCUT2D eigenvalue weighted by molar-refractivity contribution is 0.223. The first kappa shape index (κ1) is 15.5. The van der Waals surface area contributed by atoms with Gasteiger partial charge in [0.25, 0.3) is 0 Å². The molecule has 0 saturated heterocycles. The zero-order valence-corrected chi connectivity index (χ0v) is 14.2. The van der Waals surface area contributed by atoms with Gasteiger partial charge in [-0.2, -0.15) is 0 Å². The Morgan fingerprint density at radius 1 is 1.14 bits per heavy atom. The van der Waals surface area contributed by atoms with E-state index in [1.165, 1.54) is 29.5 Å². The van der Waals surface area contributed by atoms with Gasteiger partial charge in [0, 0.05) is 17.4 Å². The zero-order valence-electron chi connectivity index (χ0n) is 13.4. The number of ether oxygens (including phenoxy) is 1. The Morgan fingerprint density at radius 3 is 2.68 bits per heavy atom. The van der Waals surface area contributed by atoms with Crippen LogP contribution in [0.3, 0.4) is 0 Å². The molecule has 0 spiro atoms. The average molecular weight is 312 g/mol. The van der Waals surface area contributed by atoms with Gasteiger partial charge in [-0.15, -0.1) is 11.8 Å². The van der Waals surface area contributed by atoms with Crippen molar-refractivity contribution in [1.82, 2.24) is 0 Å². The summed E-state index contributed by atoms with van der Waals surface area (Å²) in [7, 11) is 0.